The molecule has 1 aliphatic rings. The molecule has 6 rings (SSSR count). The number of furan rings is 1. The lowest BCUT2D eigenvalue weighted by Gasteiger charge is -2.12. The SMILES string of the molecule is Cc1ccc(-c2cc(-c3nn(-c4nc(C(=O)O)cs4)c(CC4CC4)c3Cc3ccc(NS(=O)[O-])cc3F)ccc2F)o1. The van der Waals surface area contributed by atoms with Crippen LogP contribution in [0.25, 0.3) is 27.7 Å². The maximum Gasteiger partial charge on any atom is 0.355 e. The largest absolute Gasteiger partial charge is 0.755 e. The van der Waals surface area contributed by atoms with Crippen molar-refractivity contribution in [1.29, 1.82) is 0 Å². The fourth-order valence-electron chi connectivity index (χ4n) is 4.81. The normalized spacial score (nSPS) is 13.8. The van der Waals surface area contributed by atoms with Gasteiger partial charge in [-0.3, -0.25) is 4.21 Å². The number of hydrogen-bond acceptors (Lipinski definition) is 7. The molecule has 2 aromatic carbocycles. The molecule has 1 unspecified atom stereocenters. The van der Waals surface area contributed by atoms with Crippen LogP contribution >= 0.6 is 11.3 Å². The van der Waals surface area contributed by atoms with Gasteiger partial charge in [-0.05, 0) is 80.1 Å². The number of carboxylic acid groups (broad SMARTS) is 1. The molecule has 9 nitrogen and oxygen atoms in total. The molecule has 1 fully saturated rings. The van der Waals surface area contributed by atoms with Crippen molar-refractivity contribution in [1.82, 2.24) is 14.8 Å². The number of aryl methyl sites for hydroxylation is 1. The van der Waals surface area contributed by atoms with Gasteiger partial charge in [-0.2, -0.15) is 5.10 Å². The van der Waals surface area contributed by atoms with E-state index in [4.69, 9.17) is 9.52 Å². The number of benzene rings is 2. The first-order valence-electron chi connectivity index (χ1n) is 13.0. The fourth-order valence-corrected chi connectivity index (χ4v) is 5.90. The van der Waals surface area contributed by atoms with Gasteiger partial charge in [-0.25, -0.2) is 23.2 Å². The number of carboxylic acids is 1. The van der Waals surface area contributed by atoms with Crippen molar-refractivity contribution in [3.05, 3.63) is 93.8 Å². The minimum Gasteiger partial charge on any atom is -0.755 e. The van der Waals surface area contributed by atoms with E-state index >= 15 is 4.39 Å². The van der Waals surface area contributed by atoms with E-state index in [-0.39, 0.29) is 23.4 Å². The Labute approximate surface area is 245 Å². The Hall–Kier alpha value is -4.20. The average Bonchev–Trinajstić information content (AvgIpc) is 3.29. The molecule has 0 saturated heterocycles. The van der Waals surface area contributed by atoms with E-state index in [2.05, 4.69) is 9.71 Å². The predicted molar refractivity (Wildman–Crippen MR) is 152 cm³/mol. The molecule has 3 heterocycles. The maximum atomic E-state index is 15.3. The first-order valence-corrected chi connectivity index (χ1v) is 14.9. The average molecular weight is 610 g/mol. The van der Waals surface area contributed by atoms with Gasteiger partial charge in [0.25, 0.3) is 0 Å². The molecule has 216 valence electrons. The highest BCUT2D eigenvalue weighted by atomic mass is 32.2. The van der Waals surface area contributed by atoms with Gasteiger partial charge < -0.3 is 18.8 Å². The minimum absolute atomic E-state index is 0.0830. The smallest absolute Gasteiger partial charge is 0.355 e. The molecule has 5 aromatic rings. The number of hydrogen-bond donors (Lipinski definition) is 2. The maximum absolute atomic E-state index is 15.3. The zero-order valence-corrected chi connectivity index (χ0v) is 23.7. The molecular formula is C29H23F2N4O5S2-. The van der Waals surface area contributed by atoms with Crippen molar-refractivity contribution in [2.45, 2.75) is 32.6 Å². The molecule has 0 bridgehead atoms. The van der Waals surface area contributed by atoms with E-state index in [1.54, 1.807) is 35.9 Å². The van der Waals surface area contributed by atoms with Crippen LogP contribution in [0.1, 0.15) is 45.9 Å². The van der Waals surface area contributed by atoms with Gasteiger partial charge in [0.1, 0.15) is 23.2 Å². The number of nitrogens with one attached hydrogen (secondary N) is 1. The monoisotopic (exact) mass is 609 g/mol. The Kier molecular flexibility index (Phi) is 7.47. The second-order valence-corrected chi connectivity index (χ2v) is 11.6. The second kappa shape index (κ2) is 11.2. The van der Waals surface area contributed by atoms with Crippen molar-refractivity contribution < 1.29 is 31.9 Å². The van der Waals surface area contributed by atoms with Gasteiger partial charge >= 0.3 is 5.97 Å². The first kappa shape index (κ1) is 27.9. The zero-order valence-electron chi connectivity index (χ0n) is 22.1. The van der Waals surface area contributed by atoms with Gasteiger partial charge in [-0.1, -0.05) is 6.07 Å². The molecule has 13 heteroatoms. The Morgan fingerprint density at radius 2 is 2.00 bits per heavy atom. The number of thiazole rings is 1. The lowest BCUT2D eigenvalue weighted by molar-refractivity contribution is 0.0691. The summed E-state index contributed by atoms with van der Waals surface area (Å²) in [7, 11) is 0. The quantitative estimate of drug-likeness (QED) is 0.178. The predicted octanol–water partition coefficient (Wildman–Crippen LogP) is 6.29. The Balaban J connectivity index is 1.52. The molecule has 2 N–H and O–H groups in total. The van der Waals surface area contributed by atoms with Crippen LogP contribution in [-0.2, 0) is 24.1 Å². The van der Waals surface area contributed by atoms with Gasteiger partial charge in [0, 0.05) is 39.9 Å². The summed E-state index contributed by atoms with van der Waals surface area (Å²) >= 11 is -1.48. The molecule has 1 saturated carbocycles. The molecule has 0 spiro atoms. The molecule has 3 aromatic heterocycles. The van der Waals surface area contributed by atoms with Crippen LogP contribution in [0.15, 0.2) is 58.3 Å². The number of carbonyl (C=O) groups is 1. The van der Waals surface area contributed by atoms with E-state index < -0.39 is 28.9 Å². The van der Waals surface area contributed by atoms with Gasteiger partial charge in [0.15, 0.2) is 5.69 Å². The van der Waals surface area contributed by atoms with Crippen molar-refractivity contribution in [3.63, 3.8) is 0 Å². The number of aromatic nitrogens is 3. The highest BCUT2D eigenvalue weighted by Crippen LogP contribution is 2.39. The molecule has 42 heavy (non-hydrogen) atoms. The number of rotatable bonds is 10. The second-order valence-electron chi connectivity index (χ2n) is 10.1. The third-order valence-corrected chi connectivity index (χ3v) is 8.25. The van der Waals surface area contributed by atoms with Crippen LogP contribution < -0.4 is 4.72 Å². The molecule has 0 radical (unpaired) electrons. The summed E-state index contributed by atoms with van der Waals surface area (Å²) in [6.07, 6.45) is 2.72. The summed E-state index contributed by atoms with van der Waals surface area (Å²) in [4.78, 5) is 15.8. The number of halogens is 2. The van der Waals surface area contributed by atoms with Crippen LogP contribution in [0.2, 0.25) is 0 Å². The summed E-state index contributed by atoms with van der Waals surface area (Å²) in [6.45, 7) is 1.76. The summed E-state index contributed by atoms with van der Waals surface area (Å²) in [5.41, 5.74) is 2.94. The van der Waals surface area contributed by atoms with Gasteiger partial charge in [-0.15, -0.1) is 11.3 Å². The number of anilines is 1. The summed E-state index contributed by atoms with van der Waals surface area (Å²) in [6, 6.07) is 12.0. The fraction of sp³-hybridized carbons (Fsp3) is 0.207. The molecule has 1 atom stereocenters. The third kappa shape index (κ3) is 5.75. The van der Waals surface area contributed by atoms with Crippen molar-refractivity contribution >= 4 is 34.3 Å². The van der Waals surface area contributed by atoms with Gasteiger partial charge in [0.2, 0.25) is 5.13 Å². The van der Waals surface area contributed by atoms with E-state index in [1.165, 1.54) is 23.6 Å². The molecular weight excluding hydrogens is 586 g/mol. The van der Waals surface area contributed by atoms with Crippen molar-refractivity contribution in [3.8, 4) is 27.7 Å². The highest BCUT2D eigenvalue weighted by molar-refractivity contribution is 7.80. The van der Waals surface area contributed by atoms with Gasteiger partial charge in [0.05, 0.1) is 17.0 Å². The van der Waals surface area contributed by atoms with Crippen LogP contribution in [0.3, 0.4) is 0 Å². The summed E-state index contributed by atoms with van der Waals surface area (Å²) in [5.74, 6) is -0.913. The Morgan fingerprint density at radius 1 is 1.19 bits per heavy atom. The molecule has 1 aliphatic carbocycles. The van der Waals surface area contributed by atoms with Crippen LogP contribution in [0.5, 0.6) is 0 Å². The summed E-state index contributed by atoms with van der Waals surface area (Å²) in [5, 5.41) is 16.1. The number of aromatic carboxylic acids is 1. The highest BCUT2D eigenvalue weighted by Gasteiger charge is 2.30. The Morgan fingerprint density at radius 3 is 2.64 bits per heavy atom. The van der Waals surface area contributed by atoms with E-state index in [0.717, 1.165) is 35.9 Å². The van der Waals surface area contributed by atoms with Crippen LogP contribution in [0, 0.1) is 24.5 Å². The third-order valence-electron chi connectivity index (χ3n) is 7.03. The lowest BCUT2D eigenvalue weighted by Crippen LogP contribution is -2.07. The topological polar surface area (TPSA) is 133 Å². The van der Waals surface area contributed by atoms with Crippen molar-refractivity contribution in [2.24, 2.45) is 5.92 Å². The number of nitrogens with zero attached hydrogens (tertiary/aromatic N) is 3. The molecule has 0 aliphatic heterocycles. The zero-order chi connectivity index (χ0) is 29.5. The lowest BCUT2D eigenvalue weighted by atomic mass is 9.95. The first-order chi connectivity index (χ1) is 20.2. The van der Waals surface area contributed by atoms with Crippen LogP contribution in [-0.4, -0.2) is 34.6 Å². The van der Waals surface area contributed by atoms with E-state index in [0.29, 0.717) is 51.4 Å². The van der Waals surface area contributed by atoms with Crippen LogP contribution in [0.4, 0.5) is 14.5 Å². The van der Waals surface area contributed by atoms with E-state index in [9.17, 15) is 23.1 Å². The standard InChI is InChI=1S/C29H24F2N4O5S2/c1-15-2-9-26(40-15)20-12-18(6-8-22(20)30)27-21(11-17-5-7-19(13-23(17)31)34-42(38)39)25(10-16-3-4-16)35(33-27)29-32-24(14-41-29)28(36)37/h2,5-9,12-14,16,34H,3-4,10-11H2,1H3,(H,36,37)(H,38,39)/p-1. The minimum atomic E-state index is -2.61. The molecule has 0 amide bonds. The Bertz CT molecular complexity index is 1840. The van der Waals surface area contributed by atoms with Crippen molar-refractivity contribution in [2.75, 3.05) is 4.72 Å². The summed E-state index contributed by atoms with van der Waals surface area (Å²) < 4.78 is 61.7. The van der Waals surface area contributed by atoms with E-state index in [1.807, 2.05) is 0 Å².